The van der Waals surface area contributed by atoms with Gasteiger partial charge in [-0.2, -0.15) is 0 Å². The number of aromatic nitrogens is 1. The molecule has 36 heavy (non-hydrogen) atoms. The second kappa shape index (κ2) is 12.2. The van der Waals surface area contributed by atoms with Gasteiger partial charge in [-0.15, -0.1) is 0 Å². The van der Waals surface area contributed by atoms with Crippen molar-refractivity contribution in [1.29, 1.82) is 0 Å². The standard InChI is InChI=1S/C27H39N5O4/c1-6-32(29)16-22(28)18-36-25(27(3,4)26(33)34-5)20-10-9-19(2)21(14-20)15-31-12-13-35-24-8-7-11-30-23(24)17-31/h7-11,14,16,25H,6,12-13,15,17-18,28-29H2,1-5H3/b22-16-. The fraction of sp³-hybridized carbons (Fsp3) is 0.481. The average Bonchev–Trinajstić information content (AvgIpc) is 3.06. The van der Waals surface area contributed by atoms with Crippen LogP contribution in [0.15, 0.2) is 48.4 Å². The quantitative estimate of drug-likeness (QED) is 0.290. The smallest absolute Gasteiger partial charge is 0.314 e. The zero-order chi connectivity index (χ0) is 26.3. The Bertz CT molecular complexity index is 1070. The Labute approximate surface area is 214 Å². The van der Waals surface area contributed by atoms with Crippen molar-refractivity contribution >= 4 is 5.97 Å². The van der Waals surface area contributed by atoms with Gasteiger partial charge in [0.15, 0.2) is 0 Å². The highest BCUT2D eigenvalue weighted by atomic mass is 16.5. The molecule has 1 aliphatic rings. The van der Waals surface area contributed by atoms with Crippen LogP contribution in [0, 0.1) is 12.3 Å². The molecular weight excluding hydrogens is 458 g/mol. The third-order valence-corrected chi connectivity index (χ3v) is 6.44. The Morgan fingerprint density at radius 3 is 2.86 bits per heavy atom. The lowest BCUT2D eigenvalue weighted by Gasteiger charge is -2.33. The van der Waals surface area contributed by atoms with Crippen molar-refractivity contribution in [2.24, 2.45) is 17.0 Å². The van der Waals surface area contributed by atoms with E-state index in [2.05, 4.69) is 28.9 Å². The summed E-state index contributed by atoms with van der Waals surface area (Å²) in [5.41, 5.74) is 9.75. The molecule has 9 nitrogen and oxygen atoms in total. The second-order valence-electron chi connectivity index (χ2n) is 9.63. The number of ether oxygens (including phenoxy) is 3. The van der Waals surface area contributed by atoms with Crippen LogP contribution in [-0.2, 0) is 27.4 Å². The topological polar surface area (TPSA) is 116 Å². The fourth-order valence-electron chi connectivity index (χ4n) is 4.26. The Morgan fingerprint density at radius 1 is 1.36 bits per heavy atom. The van der Waals surface area contributed by atoms with E-state index in [0.29, 0.717) is 31.9 Å². The number of carbonyl (C=O) groups is 1. The van der Waals surface area contributed by atoms with Crippen molar-refractivity contribution in [2.45, 2.75) is 46.9 Å². The average molecular weight is 498 g/mol. The van der Waals surface area contributed by atoms with Gasteiger partial charge in [0, 0.05) is 38.6 Å². The van der Waals surface area contributed by atoms with Crippen LogP contribution in [-0.4, -0.2) is 54.3 Å². The van der Waals surface area contributed by atoms with E-state index in [1.165, 1.54) is 12.1 Å². The normalized spacial score (nSPS) is 15.4. The van der Waals surface area contributed by atoms with Crippen LogP contribution >= 0.6 is 0 Å². The number of hydrogen-bond donors (Lipinski definition) is 2. The number of pyridine rings is 1. The maximum absolute atomic E-state index is 12.7. The Morgan fingerprint density at radius 2 is 2.14 bits per heavy atom. The summed E-state index contributed by atoms with van der Waals surface area (Å²) < 4.78 is 17.2. The van der Waals surface area contributed by atoms with Gasteiger partial charge in [0.2, 0.25) is 0 Å². The van der Waals surface area contributed by atoms with Crippen molar-refractivity contribution in [1.82, 2.24) is 14.9 Å². The second-order valence-corrected chi connectivity index (χ2v) is 9.63. The number of aryl methyl sites for hydroxylation is 1. The number of methoxy groups -OCH3 is 1. The first-order valence-corrected chi connectivity index (χ1v) is 12.2. The van der Waals surface area contributed by atoms with Gasteiger partial charge in [-0.05, 0) is 56.5 Å². The molecule has 196 valence electrons. The molecule has 3 rings (SSSR count). The van der Waals surface area contributed by atoms with Crippen molar-refractivity contribution < 1.29 is 19.0 Å². The molecule has 0 saturated carbocycles. The Balaban J connectivity index is 1.87. The van der Waals surface area contributed by atoms with Gasteiger partial charge < -0.3 is 25.0 Å². The van der Waals surface area contributed by atoms with Crippen molar-refractivity contribution in [3.63, 3.8) is 0 Å². The van der Waals surface area contributed by atoms with E-state index >= 15 is 0 Å². The molecule has 1 aromatic heterocycles. The molecule has 2 aromatic rings. The summed E-state index contributed by atoms with van der Waals surface area (Å²) in [6, 6.07) is 10.0. The number of fused-ring (bicyclic) bond motifs is 1. The van der Waals surface area contributed by atoms with Crippen LogP contribution in [0.1, 0.15) is 49.3 Å². The van der Waals surface area contributed by atoms with E-state index in [0.717, 1.165) is 34.7 Å². The van der Waals surface area contributed by atoms with Gasteiger partial charge in [0.25, 0.3) is 0 Å². The summed E-state index contributed by atoms with van der Waals surface area (Å²) in [6.45, 7) is 11.2. The summed E-state index contributed by atoms with van der Waals surface area (Å²) >= 11 is 0. The summed E-state index contributed by atoms with van der Waals surface area (Å²) in [4.78, 5) is 19.5. The minimum Gasteiger partial charge on any atom is -0.490 e. The molecule has 0 fully saturated rings. The van der Waals surface area contributed by atoms with Crippen LogP contribution in [0.2, 0.25) is 0 Å². The van der Waals surface area contributed by atoms with Crippen LogP contribution in [0.5, 0.6) is 5.75 Å². The number of carbonyl (C=O) groups excluding carboxylic acids is 1. The summed E-state index contributed by atoms with van der Waals surface area (Å²) in [7, 11) is 1.39. The highest BCUT2D eigenvalue weighted by Crippen LogP contribution is 2.39. The Kier molecular flexibility index (Phi) is 9.31. The van der Waals surface area contributed by atoms with E-state index < -0.39 is 11.5 Å². The number of nitrogens with zero attached hydrogens (tertiary/aromatic N) is 3. The molecule has 1 unspecified atom stereocenters. The predicted molar refractivity (Wildman–Crippen MR) is 138 cm³/mol. The summed E-state index contributed by atoms with van der Waals surface area (Å²) in [5, 5.41) is 1.49. The van der Waals surface area contributed by atoms with Crippen LogP contribution < -0.4 is 16.3 Å². The van der Waals surface area contributed by atoms with Gasteiger partial charge in [-0.3, -0.25) is 14.7 Å². The highest BCUT2D eigenvalue weighted by molar-refractivity contribution is 5.77. The van der Waals surface area contributed by atoms with Crippen molar-refractivity contribution in [2.75, 3.05) is 33.4 Å². The number of benzene rings is 1. The molecule has 0 spiro atoms. The monoisotopic (exact) mass is 497 g/mol. The largest absolute Gasteiger partial charge is 0.490 e. The molecule has 1 aliphatic heterocycles. The number of rotatable bonds is 10. The molecule has 2 heterocycles. The lowest BCUT2D eigenvalue weighted by atomic mass is 9.81. The fourth-order valence-corrected chi connectivity index (χ4v) is 4.26. The zero-order valence-electron chi connectivity index (χ0n) is 22.0. The summed E-state index contributed by atoms with van der Waals surface area (Å²) in [5.74, 6) is 6.32. The van der Waals surface area contributed by atoms with Crippen LogP contribution in [0.25, 0.3) is 0 Å². The minimum absolute atomic E-state index is 0.119. The molecule has 0 amide bonds. The summed E-state index contributed by atoms with van der Waals surface area (Å²) in [6.07, 6.45) is 2.84. The van der Waals surface area contributed by atoms with Gasteiger partial charge in [-0.1, -0.05) is 18.2 Å². The lowest BCUT2D eigenvalue weighted by molar-refractivity contribution is -0.160. The van der Waals surface area contributed by atoms with Gasteiger partial charge in [-0.25, -0.2) is 5.84 Å². The van der Waals surface area contributed by atoms with Gasteiger partial charge in [0.1, 0.15) is 12.4 Å². The molecule has 4 N–H and O–H groups in total. The van der Waals surface area contributed by atoms with E-state index in [-0.39, 0.29) is 12.6 Å². The molecule has 0 bridgehead atoms. The lowest BCUT2D eigenvalue weighted by Crippen LogP contribution is -2.35. The predicted octanol–water partition coefficient (Wildman–Crippen LogP) is 3.04. The zero-order valence-corrected chi connectivity index (χ0v) is 22.0. The Hall–Kier alpha value is -3.14. The number of hydrogen-bond acceptors (Lipinski definition) is 9. The molecule has 1 aromatic carbocycles. The van der Waals surface area contributed by atoms with Gasteiger partial charge >= 0.3 is 5.97 Å². The van der Waals surface area contributed by atoms with E-state index in [9.17, 15) is 4.79 Å². The first-order chi connectivity index (χ1) is 17.1. The first kappa shape index (κ1) is 27.4. The van der Waals surface area contributed by atoms with Crippen LogP contribution in [0.3, 0.4) is 0 Å². The maximum atomic E-state index is 12.7. The third kappa shape index (κ3) is 6.75. The highest BCUT2D eigenvalue weighted by Gasteiger charge is 2.40. The van der Waals surface area contributed by atoms with Crippen LogP contribution in [0.4, 0.5) is 0 Å². The number of nitrogens with two attached hydrogens (primary N) is 2. The number of hydrazine groups is 1. The molecule has 1 atom stereocenters. The molecule has 0 aliphatic carbocycles. The third-order valence-electron chi connectivity index (χ3n) is 6.44. The maximum Gasteiger partial charge on any atom is 0.314 e. The molecular formula is C27H39N5O4. The first-order valence-electron chi connectivity index (χ1n) is 12.2. The van der Waals surface area contributed by atoms with E-state index in [1.807, 2.05) is 39.0 Å². The van der Waals surface area contributed by atoms with E-state index in [1.54, 1.807) is 12.4 Å². The van der Waals surface area contributed by atoms with Gasteiger partial charge in [0.05, 0.1) is 36.6 Å². The van der Waals surface area contributed by atoms with Crippen molar-refractivity contribution in [3.8, 4) is 5.75 Å². The molecule has 9 heteroatoms. The van der Waals surface area contributed by atoms with E-state index in [4.69, 9.17) is 25.8 Å². The SMILES string of the molecule is CCN(N)/C=C(\N)COC(c1ccc(C)c(CN2CCOc3cccnc3C2)c1)C(C)(C)C(=O)OC. The molecule has 0 radical (unpaired) electrons. The molecule has 0 saturated heterocycles. The van der Waals surface area contributed by atoms with Crippen molar-refractivity contribution in [3.05, 3.63) is 70.8 Å². The minimum atomic E-state index is -0.950. The number of esters is 1.